The molecule has 0 spiro atoms. The van der Waals surface area contributed by atoms with Crippen LogP contribution in [0.1, 0.15) is 19.3 Å². The first-order valence-corrected chi connectivity index (χ1v) is 6.97. The molecule has 94 valence electrons. The Kier molecular flexibility index (Phi) is 5.01. The van der Waals surface area contributed by atoms with E-state index in [0.717, 1.165) is 12.8 Å². The highest BCUT2D eigenvalue weighted by Crippen LogP contribution is 2.13. The number of amides is 1. The zero-order valence-corrected chi connectivity index (χ0v) is 10.3. The highest BCUT2D eigenvalue weighted by atomic mass is 32.2. The number of methoxy groups -OCH3 is 1. The Labute approximate surface area is 96.0 Å². The van der Waals surface area contributed by atoms with Gasteiger partial charge in [-0.3, -0.25) is 0 Å². The summed E-state index contributed by atoms with van der Waals surface area (Å²) in [4.78, 5) is 10.7. The van der Waals surface area contributed by atoms with Crippen molar-refractivity contribution in [1.82, 2.24) is 9.62 Å². The third-order valence-corrected chi connectivity index (χ3v) is 4.45. The number of carbonyl (C=O) groups excluding carboxylic acids is 1. The molecule has 1 fully saturated rings. The Balaban J connectivity index is 2.24. The molecule has 7 heteroatoms. The fourth-order valence-electron chi connectivity index (χ4n) is 1.61. The Morgan fingerprint density at radius 2 is 2.19 bits per heavy atom. The van der Waals surface area contributed by atoms with Crippen LogP contribution in [0.25, 0.3) is 0 Å². The van der Waals surface area contributed by atoms with Crippen molar-refractivity contribution in [3.05, 3.63) is 0 Å². The van der Waals surface area contributed by atoms with E-state index in [1.165, 1.54) is 11.4 Å². The monoisotopic (exact) mass is 250 g/mol. The Morgan fingerprint density at radius 1 is 1.44 bits per heavy atom. The van der Waals surface area contributed by atoms with Crippen molar-refractivity contribution < 1.29 is 17.9 Å². The van der Waals surface area contributed by atoms with Crippen LogP contribution in [0.4, 0.5) is 4.79 Å². The van der Waals surface area contributed by atoms with Gasteiger partial charge in [-0.25, -0.2) is 17.5 Å². The first-order valence-electron chi connectivity index (χ1n) is 5.36. The normalized spacial score (nSPS) is 20.3. The van der Waals surface area contributed by atoms with Gasteiger partial charge in [0.25, 0.3) is 0 Å². The summed E-state index contributed by atoms with van der Waals surface area (Å²) in [6.45, 7) is 1.49. The highest BCUT2D eigenvalue weighted by molar-refractivity contribution is 7.89. The summed E-state index contributed by atoms with van der Waals surface area (Å²) in [5.41, 5.74) is 0. The summed E-state index contributed by atoms with van der Waals surface area (Å²) in [6.07, 6.45) is 1.79. The molecule has 0 bridgehead atoms. The largest absolute Gasteiger partial charge is 0.453 e. The van der Waals surface area contributed by atoms with Gasteiger partial charge in [0.2, 0.25) is 10.0 Å². The summed E-state index contributed by atoms with van der Waals surface area (Å²) in [7, 11) is -1.74. The number of nitrogens with zero attached hydrogens (tertiary/aromatic N) is 1. The van der Waals surface area contributed by atoms with Gasteiger partial charge in [-0.05, 0) is 19.3 Å². The number of alkyl carbamates (subject to hydrolysis) is 1. The van der Waals surface area contributed by atoms with Gasteiger partial charge in [0.05, 0.1) is 12.9 Å². The highest BCUT2D eigenvalue weighted by Gasteiger charge is 2.24. The zero-order valence-electron chi connectivity index (χ0n) is 9.44. The molecular weight excluding hydrogens is 232 g/mol. The van der Waals surface area contributed by atoms with E-state index in [-0.39, 0.29) is 5.75 Å². The van der Waals surface area contributed by atoms with Gasteiger partial charge in [-0.2, -0.15) is 0 Å². The molecule has 0 atom stereocenters. The Bertz CT molecular complexity index is 328. The molecule has 0 unspecified atom stereocenters. The minimum atomic E-state index is -3.04. The molecule has 1 aliphatic rings. The molecule has 1 rings (SSSR count). The number of rotatable bonds is 4. The van der Waals surface area contributed by atoms with Crippen LogP contribution in [0.3, 0.4) is 0 Å². The molecule has 0 aromatic heterocycles. The average molecular weight is 250 g/mol. The quantitative estimate of drug-likeness (QED) is 0.721. The first-order chi connectivity index (χ1) is 7.56. The van der Waals surface area contributed by atoms with E-state index < -0.39 is 16.1 Å². The molecule has 0 aromatic rings. The zero-order chi connectivity index (χ0) is 12.0. The van der Waals surface area contributed by atoms with Gasteiger partial charge in [-0.15, -0.1) is 0 Å². The van der Waals surface area contributed by atoms with Gasteiger partial charge in [0.15, 0.2) is 0 Å². The molecule has 0 radical (unpaired) electrons. The molecule has 0 aliphatic carbocycles. The summed E-state index contributed by atoms with van der Waals surface area (Å²) in [5.74, 6) is 0.247. The van der Waals surface area contributed by atoms with Crippen molar-refractivity contribution >= 4 is 16.1 Å². The van der Waals surface area contributed by atoms with Crippen LogP contribution in [-0.4, -0.2) is 51.3 Å². The molecule has 1 aliphatic heterocycles. The lowest BCUT2D eigenvalue weighted by Crippen LogP contribution is -2.39. The van der Waals surface area contributed by atoms with Gasteiger partial charge in [0.1, 0.15) is 0 Å². The van der Waals surface area contributed by atoms with E-state index in [1.54, 1.807) is 0 Å². The molecule has 0 saturated carbocycles. The van der Waals surface area contributed by atoms with E-state index in [2.05, 4.69) is 10.1 Å². The van der Waals surface area contributed by atoms with Gasteiger partial charge in [-0.1, -0.05) is 0 Å². The lowest BCUT2D eigenvalue weighted by molar-refractivity contribution is 0.170. The van der Waals surface area contributed by atoms with E-state index in [1.807, 2.05) is 0 Å². The lowest BCUT2D eigenvalue weighted by atomic mass is 10.3. The second kappa shape index (κ2) is 6.05. The third kappa shape index (κ3) is 3.97. The topological polar surface area (TPSA) is 75.7 Å². The smallest absolute Gasteiger partial charge is 0.406 e. The fourth-order valence-corrected chi connectivity index (χ4v) is 3.25. The minimum absolute atomic E-state index is 0.247. The second-order valence-electron chi connectivity index (χ2n) is 3.69. The summed E-state index contributed by atoms with van der Waals surface area (Å²) in [6, 6.07) is 0. The SMILES string of the molecule is COC(=O)NCCCN1CCCCS1(=O)=O. The second-order valence-corrected chi connectivity index (χ2v) is 5.78. The van der Waals surface area contributed by atoms with E-state index in [9.17, 15) is 13.2 Å². The van der Waals surface area contributed by atoms with Gasteiger partial charge < -0.3 is 10.1 Å². The third-order valence-electron chi connectivity index (χ3n) is 2.49. The van der Waals surface area contributed by atoms with Crippen molar-refractivity contribution in [3.63, 3.8) is 0 Å². The Morgan fingerprint density at radius 3 is 2.81 bits per heavy atom. The summed E-state index contributed by atoms with van der Waals surface area (Å²) >= 11 is 0. The van der Waals surface area contributed by atoms with Crippen LogP contribution < -0.4 is 5.32 Å². The summed E-state index contributed by atoms with van der Waals surface area (Å²) < 4.78 is 29.1. The molecule has 6 nitrogen and oxygen atoms in total. The van der Waals surface area contributed by atoms with Crippen LogP contribution in [0.5, 0.6) is 0 Å². The number of ether oxygens (including phenoxy) is 1. The number of hydrogen-bond donors (Lipinski definition) is 1. The average Bonchev–Trinajstić information content (AvgIpc) is 2.25. The molecule has 1 amide bonds. The van der Waals surface area contributed by atoms with E-state index in [4.69, 9.17) is 0 Å². The van der Waals surface area contributed by atoms with Crippen molar-refractivity contribution in [2.24, 2.45) is 0 Å². The lowest BCUT2D eigenvalue weighted by Gasteiger charge is -2.26. The predicted octanol–water partition coefficient (Wildman–Crippen LogP) is 0.158. The molecule has 16 heavy (non-hydrogen) atoms. The number of hydrogen-bond acceptors (Lipinski definition) is 4. The Hall–Kier alpha value is -0.820. The van der Waals surface area contributed by atoms with E-state index >= 15 is 0 Å². The molecule has 0 aromatic carbocycles. The molecule has 1 saturated heterocycles. The maximum atomic E-state index is 11.6. The number of nitrogens with one attached hydrogen (secondary N) is 1. The molecule has 1 N–H and O–H groups in total. The van der Waals surface area contributed by atoms with Gasteiger partial charge >= 0.3 is 6.09 Å². The maximum absolute atomic E-state index is 11.6. The van der Waals surface area contributed by atoms with Crippen LogP contribution >= 0.6 is 0 Å². The number of sulfonamides is 1. The van der Waals surface area contributed by atoms with Crippen molar-refractivity contribution in [2.75, 3.05) is 32.5 Å². The van der Waals surface area contributed by atoms with E-state index in [0.29, 0.717) is 26.1 Å². The van der Waals surface area contributed by atoms with Crippen LogP contribution in [0.2, 0.25) is 0 Å². The van der Waals surface area contributed by atoms with Crippen molar-refractivity contribution in [3.8, 4) is 0 Å². The number of carbonyl (C=O) groups is 1. The van der Waals surface area contributed by atoms with Crippen LogP contribution in [0.15, 0.2) is 0 Å². The maximum Gasteiger partial charge on any atom is 0.406 e. The molecular formula is C9H18N2O4S. The van der Waals surface area contributed by atoms with Crippen molar-refractivity contribution in [1.29, 1.82) is 0 Å². The predicted molar refractivity (Wildman–Crippen MR) is 59.6 cm³/mol. The minimum Gasteiger partial charge on any atom is -0.453 e. The molecule has 1 heterocycles. The van der Waals surface area contributed by atoms with Crippen molar-refractivity contribution in [2.45, 2.75) is 19.3 Å². The fraction of sp³-hybridized carbons (Fsp3) is 0.889. The van der Waals surface area contributed by atoms with Crippen LogP contribution in [0, 0.1) is 0 Å². The van der Waals surface area contributed by atoms with Gasteiger partial charge in [0, 0.05) is 19.6 Å². The first kappa shape index (κ1) is 13.2. The standard InChI is InChI=1S/C9H18N2O4S/c1-15-9(12)10-5-4-7-11-6-2-3-8-16(11,13)14/h2-8H2,1H3,(H,10,12). The summed E-state index contributed by atoms with van der Waals surface area (Å²) in [5, 5.41) is 2.52. The van der Waals surface area contributed by atoms with Crippen LogP contribution in [-0.2, 0) is 14.8 Å².